The van der Waals surface area contributed by atoms with Gasteiger partial charge in [-0.05, 0) is 37.4 Å². The highest BCUT2D eigenvalue weighted by atomic mass is 16.3. The third kappa shape index (κ3) is 3.81. The molecule has 0 aliphatic carbocycles. The predicted octanol–water partition coefficient (Wildman–Crippen LogP) is 1.18. The van der Waals surface area contributed by atoms with Crippen molar-refractivity contribution in [3.8, 4) is 0 Å². The minimum Gasteiger partial charge on any atom is -0.392 e. The topological polar surface area (TPSA) is 78.6 Å². The molecule has 1 aromatic rings. The first kappa shape index (κ1) is 15.9. The number of piperidine rings is 1. The molecule has 3 atom stereocenters. The zero-order valence-electron chi connectivity index (χ0n) is 12.7. The van der Waals surface area contributed by atoms with Crippen LogP contribution in [0.1, 0.15) is 25.8 Å². The van der Waals surface area contributed by atoms with Crippen molar-refractivity contribution in [2.24, 2.45) is 11.7 Å². The first-order chi connectivity index (χ1) is 10.0. The standard InChI is InChI=1S/C16H25N3O2/c1-11-7-8-19(10-15(11)20)12(2)16(21)18-14-6-4-3-5-13(14)9-17/h3-6,11-12,15,20H,7-10,17H2,1-2H3,(H,18,21). The Bertz CT molecular complexity index is 492. The number of β-amino-alcohol motifs (C(OH)–C–C–N with tert-alkyl or cyclic N) is 1. The quantitative estimate of drug-likeness (QED) is 0.778. The Kier molecular flexibility index (Phi) is 5.33. The Balaban J connectivity index is 1.99. The summed E-state index contributed by atoms with van der Waals surface area (Å²) in [4.78, 5) is 14.4. The normalized spacial score (nSPS) is 24.6. The maximum atomic E-state index is 12.4. The van der Waals surface area contributed by atoms with Gasteiger partial charge in [0.2, 0.25) is 5.91 Å². The molecule has 0 saturated carbocycles. The van der Waals surface area contributed by atoms with Crippen LogP contribution in [0.15, 0.2) is 24.3 Å². The van der Waals surface area contributed by atoms with Gasteiger partial charge in [0.05, 0.1) is 12.1 Å². The van der Waals surface area contributed by atoms with E-state index in [1.165, 1.54) is 0 Å². The van der Waals surface area contributed by atoms with Crippen LogP contribution >= 0.6 is 0 Å². The Labute approximate surface area is 126 Å². The van der Waals surface area contributed by atoms with Crippen LogP contribution in [0.25, 0.3) is 0 Å². The van der Waals surface area contributed by atoms with Gasteiger partial charge in [0, 0.05) is 18.8 Å². The Morgan fingerprint density at radius 3 is 2.90 bits per heavy atom. The maximum Gasteiger partial charge on any atom is 0.241 e. The number of benzene rings is 1. The lowest BCUT2D eigenvalue weighted by Gasteiger charge is -2.37. The molecule has 0 radical (unpaired) electrons. The molecule has 3 unspecified atom stereocenters. The summed E-state index contributed by atoms with van der Waals surface area (Å²) in [6.45, 7) is 5.71. The number of hydrogen-bond acceptors (Lipinski definition) is 4. The summed E-state index contributed by atoms with van der Waals surface area (Å²) in [5.74, 6) is 0.243. The van der Waals surface area contributed by atoms with E-state index < -0.39 is 0 Å². The highest BCUT2D eigenvalue weighted by molar-refractivity contribution is 5.95. The summed E-state index contributed by atoms with van der Waals surface area (Å²) in [6.07, 6.45) is 0.559. The van der Waals surface area contributed by atoms with Gasteiger partial charge in [0.1, 0.15) is 0 Å². The third-order valence-electron chi connectivity index (χ3n) is 4.37. The number of anilines is 1. The minimum absolute atomic E-state index is 0.0577. The van der Waals surface area contributed by atoms with E-state index in [1.54, 1.807) is 0 Å². The molecule has 4 N–H and O–H groups in total. The van der Waals surface area contributed by atoms with Gasteiger partial charge in [0.25, 0.3) is 0 Å². The highest BCUT2D eigenvalue weighted by Gasteiger charge is 2.30. The number of para-hydroxylation sites is 1. The van der Waals surface area contributed by atoms with Crippen molar-refractivity contribution < 1.29 is 9.90 Å². The van der Waals surface area contributed by atoms with Gasteiger partial charge in [-0.1, -0.05) is 25.1 Å². The lowest BCUT2D eigenvalue weighted by molar-refractivity contribution is -0.122. The van der Waals surface area contributed by atoms with Crippen molar-refractivity contribution in [1.29, 1.82) is 0 Å². The van der Waals surface area contributed by atoms with Crippen LogP contribution in [0.4, 0.5) is 5.69 Å². The second-order valence-corrected chi connectivity index (χ2v) is 5.85. The Morgan fingerprint density at radius 1 is 1.52 bits per heavy atom. The van der Waals surface area contributed by atoms with E-state index in [2.05, 4.69) is 5.32 Å². The van der Waals surface area contributed by atoms with E-state index in [0.29, 0.717) is 19.0 Å². The number of rotatable bonds is 4. The van der Waals surface area contributed by atoms with E-state index in [4.69, 9.17) is 5.73 Å². The van der Waals surface area contributed by atoms with Crippen molar-refractivity contribution in [3.63, 3.8) is 0 Å². The SMILES string of the molecule is CC1CCN(C(C)C(=O)Nc2ccccc2CN)CC1O. The smallest absolute Gasteiger partial charge is 0.241 e. The Hall–Kier alpha value is -1.43. The molecular weight excluding hydrogens is 266 g/mol. The number of nitrogens with one attached hydrogen (secondary N) is 1. The fourth-order valence-electron chi connectivity index (χ4n) is 2.65. The molecule has 0 spiro atoms. The molecule has 1 aromatic carbocycles. The summed E-state index contributed by atoms with van der Waals surface area (Å²) in [5, 5.41) is 12.9. The number of hydrogen-bond donors (Lipinski definition) is 3. The lowest BCUT2D eigenvalue weighted by Crippen LogP contribution is -2.50. The van der Waals surface area contributed by atoms with E-state index in [0.717, 1.165) is 24.2 Å². The van der Waals surface area contributed by atoms with E-state index in [-0.39, 0.29) is 18.1 Å². The van der Waals surface area contributed by atoms with E-state index in [9.17, 15) is 9.90 Å². The van der Waals surface area contributed by atoms with Crippen molar-refractivity contribution in [3.05, 3.63) is 29.8 Å². The lowest BCUT2D eigenvalue weighted by atomic mass is 9.95. The molecule has 0 bridgehead atoms. The molecule has 1 saturated heterocycles. The molecule has 21 heavy (non-hydrogen) atoms. The number of amides is 1. The molecule has 5 heteroatoms. The molecule has 1 aliphatic heterocycles. The number of aliphatic hydroxyl groups is 1. The number of likely N-dealkylation sites (tertiary alicyclic amines) is 1. The van der Waals surface area contributed by atoms with Crippen LogP contribution in [0.3, 0.4) is 0 Å². The summed E-state index contributed by atoms with van der Waals surface area (Å²) < 4.78 is 0. The first-order valence-electron chi connectivity index (χ1n) is 7.54. The molecular formula is C16H25N3O2. The number of carbonyl (C=O) groups excluding carboxylic acids is 1. The van der Waals surface area contributed by atoms with Crippen molar-refractivity contribution in [2.45, 2.75) is 39.0 Å². The van der Waals surface area contributed by atoms with E-state index in [1.807, 2.05) is 43.0 Å². The monoisotopic (exact) mass is 291 g/mol. The van der Waals surface area contributed by atoms with Gasteiger partial charge in [0.15, 0.2) is 0 Å². The molecule has 5 nitrogen and oxygen atoms in total. The number of nitrogens with two attached hydrogens (primary N) is 1. The van der Waals surface area contributed by atoms with Gasteiger partial charge >= 0.3 is 0 Å². The molecule has 1 heterocycles. The second kappa shape index (κ2) is 7.02. The van der Waals surface area contributed by atoms with Gasteiger partial charge < -0.3 is 16.2 Å². The minimum atomic E-state index is -0.356. The number of nitrogens with zero attached hydrogens (tertiary/aromatic N) is 1. The van der Waals surface area contributed by atoms with Gasteiger partial charge in [-0.15, -0.1) is 0 Å². The zero-order chi connectivity index (χ0) is 15.4. The van der Waals surface area contributed by atoms with E-state index >= 15 is 0 Å². The van der Waals surface area contributed by atoms with Gasteiger partial charge in [-0.3, -0.25) is 9.69 Å². The van der Waals surface area contributed by atoms with Gasteiger partial charge in [-0.2, -0.15) is 0 Å². The van der Waals surface area contributed by atoms with Crippen molar-refractivity contribution in [1.82, 2.24) is 4.90 Å². The molecule has 1 amide bonds. The summed E-state index contributed by atoms with van der Waals surface area (Å²) in [5.41, 5.74) is 7.37. The number of aliphatic hydroxyl groups excluding tert-OH is 1. The second-order valence-electron chi connectivity index (χ2n) is 5.85. The van der Waals surface area contributed by atoms with Crippen molar-refractivity contribution in [2.75, 3.05) is 18.4 Å². The molecule has 1 fully saturated rings. The van der Waals surface area contributed by atoms with Crippen LogP contribution in [-0.4, -0.2) is 41.1 Å². The first-order valence-corrected chi connectivity index (χ1v) is 7.54. The summed E-state index contributed by atoms with van der Waals surface area (Å²) in [6, 6.07) is 7.29. The van der Waals surface area contributed by atoms with Crippen LogP contribution < -0.4 is 11.1 Å². The fourth-order valence-corrected chi connectivity index (χ4v) is 2.65. The van der Waals surface area contributed by atoms with Crippen molar-refractivity contribution >= 4 is 11.6 Å². The molecule has 2 rings (SSSR count). The fraction of sp³-hybridized carbons (Fsp3) is 0.562. The molecule has 116 valence electrons. The van der Waals surface area contributed by atoms with Crippen LogP contribution in [0, 0.1) is 5.92 Å². The maximum absolute atomic E-state index is 12.4. The summed E-state index contributed by atoms with van der Waals surface area (Å²) >= 11 is 0. The van der Waals surface area contributed by atoms with Gasteiger partial charge in [-0.25, -0.2) is 0 Å². The van der Waals surface area contributed by atoms with Crippen LogP contribution in [0.5, 0.6) is 0 Å². The summed E-state index contributed by atoms with van der Waals surface area (Å²) in [7, 11) is 0. The molecule has 1 aliphatic rings. The highest BCUT2D eigenvalue weighted by Crippen LogP contribution is 2.20. The Morgan fingerprint density at radius 2 is 2.24 bits per heavy atom. The third-order valence-corrected chi connectivity index (χ3v) is 4.37. The predicted molar refractivity (Wildman–Crippen MR) is 83.8 cm³/mol. The molecule has 0 aromatic heterocycles. The average Bonchev–Trinajstić information content (AvgIpc) is 2.49. The zero-order valence-corrected chi connectivity index (χ0v) is 12.7. The van der Waals surface area contributed by atoms with Crippen LogP contribution in [-0.2, 0) is 11.3 Å². The largest absolute Gasteiger partial charge is 0.392 e. The number of carbonyl (C=O) groups is 1. The van der Waals surface area contributed by atoms with Crippen LogP contribution in [0.2, 0.25) is 0 Å². The average molecular weight is 291 g/mol.